The zero-order valence-electron chi connectivity index (χ0n) is 35.1. The maximum atomic E-state index is 6.17. The van der Waals surface area contributed by atoms with Crippen molar-refractivity contribution < 1.29 is 9.47 Å². The van der Waals surface area contributed by atoms with Crippen molar-refractivity contribution in [3.05, 3.63) is 162 Å². The molecule has 3 aliphatic rings. The number of fused-ring (bicyclic) bond motifs is 7. The third-order valence-electron chi connectivity index (χ3n) is 12.8. The Hall–Kier alpha value is -6.28. The molecule has 0 spiro atoms. The van der Waals surface area contributed by atoms with Gasteiger partial charge in [0.25, 0.3) is 6.71 Å². The van der Waals surface area contributed by atoms with Crippen molar-refractivity contribution in [2.45, 2.75) is 47.0 Å². The molecule has 9 aromatic rings. The van der Waals surface area contributed by atoms with E-state index in [-0.39, 0.29) is 18.9 Å². The largest absolute Gasteiger partial charge is 0.454 e. The molecule has 7 heteroatoms. The van der Waals surface area contributed by atoms with Gasteiger partial charge < -0.3 is 19.3 Å². The minimum absolute atomic E-state index is 0.0245. The number of hydrogen-bond acceptors (Lipinski definition) is 6. The zero-order chi connectivity index (χ0) is 41.3. The summed E-state index contributed by atoms with van der Waals surface area (Å²) in [4.78, 5) is 7.61. The number of hydrogen-bond donors (Lipinski definition) is 0. The number of ether oxygens (including phenoxy) is 2. The van der Waals surface area contributed by atoms with Crippen LogP contribution in [0, 0.1) is 20.8 Å². The summed E-state index contributed by atoms with van der Waals surface area (Å²) in [7, 11) is 0. The summed E-state index contributed by atoms with van der Waals surface area (Å²) < 4.78 is 14.9. The van der Waals surface area contributed by atoms with Crippen LogP contribution in [-0.4, -0.2) is 13.5 Å². The van der Waals surface area contributed by atoms with Crippen LogP contribution in [0.15, 0.2) is 140 Å². The number of benzene rings is 7. The van der Waals surface area contributed by atoms with Crippen molar-refractivity contribution in [2.75, 3.05) is 16.6 Å². The summed E-state index contributed by atoms with van der Waals surface area (Å²) in [5.41, 5.74) is 18.4. The molecule has 0 amide bonds. The van der Waals surface area contributed by atoms with Crippen LogP contribution >= 0.6 is 22.7 Å². The smallest absolute Gasteiger partial charge is 0.252 e. The second-order valence-corrected chi connectivity index (χ2v) is 20.1. The molecule has 0 unspecified atom stereocenters. The minimum atomic E-state index is -0.0469. The van der Waals surface area contributed by atoms with Crippen LogP contribution < -0.4 is 35.7 Å². The van der Waals surface area contributed by atoms with Crippen LogP contribution in [0.5, 0.6) is 11.5 Å². The average Bonchev–Trinajstić information content (AvgIpc) is 4.01. The first-order valence-electron chi connectivity index (χ1n) is 21.1. The topological polar surface area (TPSA) is 24.9 Å². The van der Waals surface area contributed by atoms with Gasteiger partial charge in [-0.2, -0.15) is 0 Å². The number of anilines is 6. The molecular formula is C54H43BN2O2S2. The molecular weight excluding hydrogens is 784 g/mol. The van der Waals surface area contributed by atoms with Crippen molar-refractivity contribution in [2.24, 2.45) is 0 Å². The van der Waals surface area contributed by atoms with Crippen LogP contribution in [0.2, 0.25) is 0 Å². The lowest BCUT2D eigenvalue weighted by molar-refractivity contribution is 0.174. The lowest BCUT2D eigenvalue weighted by atomic mass is 9.33. The molecule has 0 saturated heterocycles. The van der Waals surface area contributed by atoms with E-state index in [1.54, 1.807) is 0 Å². The van der Waals surface area contributed by atoms with Crippen molar-refractivity contribution in [3.63, 3.8) is 0 Å². The summed E-state index contributed by atoms with van der Waals surface area (Å²) >= 11 is 3.71. The van der Waals surface area contributed by atoms with E-state index in [0.29, 0.717) is 0 Å². The highest BCUT2D eigenvalue weighted by molar-refractivity contribution is 7.22. The van der Waals surface area contributed by atoms with Gasteiger partial charge in [0.15, 0.2) is 11.5 Å². The highest BCUT2D eigenvalue weighted by atomic mass is 32.1. The van der Waals surface area contributed by atoms with Gasteiger partial charge in [-0.25, -0.2) is 0 Å². The van der Waals surface area contributed by atoms with Crippen LogP contribution in [0.1, 0.15) is 43.0 Å². The summed E-state index contributed by atoms with van der Waals surface area (Å²) in [6, 6.07) is 52.5. The van der Waals surface area contributed by atoms with Crippen LogP contribution in [0.3, 0.4) is 0 Å². The van der Waals surface area contributed by atoms with Crippen LogP contribution in [-0.2, 0) is 5.41 Å². The van der Waals surface area contributed by atoms with Gasteiger partial charge in [-0.1, -0.05) is 93.6 Å². The molecule has 61 heavy (non-hydrogen) atoms. The fraction of sp³-hybridized carbons (Fsp3) is 0.148. The fourth-order valence-electron chi connectivity index (χ4n) is 9.98. The van der Waals surface area contributed by atoms with Gasteiger partial charge in [0.1, 0.15) is 0 Å². The molecule has 0 N–H and O–H groups in total. The Balaban J connectivity index is 1.14. The van der Waals surface area contributed by atoms with E-state index in [0.717, 1.165) is 22.9 Å². The maximum Gasteiger partial charge on any atom is 0.252 e. The second-order valence-electron chi connectivity index (χ2n) is 17.9. The summed E-state index contributed by atoms with van der Waals surface area (Å²) in [6.07, 6.45) is 0. The number of nitrogens with zero attached hydrogens (tertiary/aromatic N) is 2. The van der Waals surface area contributed by atoms with E-state index >= 15 is 0 Å². The van der Waals surface area contributed by atoms with Gasteiger partial charge >= 0.3 is 0 Å². The molecule has 2 aromatic heterocycles. The second kappa shape index (κ2) is 13.4. The van der Waals surface area contributed by atoms with E-state index in [1.807, 2.05) is 22.7 Å². The lowest BCUT2D eigenvalue weighted by Crippen LogP contribution is -2.61. The quantitative estimate of drug-likeness (QED) is 0.165. The monoisotopic (exact) mass is 826 g/mol. The predicted molar refractivity (Wildman–Crippen MR) is 261 cm³/mol. The summed E-state index contributed by atoms with van der Waals surface area (Å²) in [5, 5.41) is 2.55. The molecule has 4 nitrogen and oxygen atoms in total. The van der Waals surface area contributed by atoms with Crippen molar-refractivity contribution in [1.82, 2.24) is 0 Å². The molecule has 7 aromatic carbocycles. The minimum Gasteiger partial charge on any atom is -0.454 e. The Bertz CT molecular complexity index is 3210. The number of rotatable bonds is 4. The standard InChI is InChI=1S/C54H43BN2O2S2/c1-31-20-44-52-45(21-31)57(53-32(2)22-38(23-33(53)3)54(4,5)6)43-29-47-46(58-30-59-47)28-41(43)55(52)40-19-18-37(51-27-36-13-8-10-17-49(36)61-51)25-42(40)56(44)39-15-11-14-34(24-39)50-26-35-12-7-9-16-48(35)60-50/h7-29H,30H2,1-6H3. The summed E-state index contributed by atoms with van der Waals surface area (Å²) in [6.45, 7) is 13.9. The van der Waals surface area contributed by atoms with Gasteiger partial charge in [0.2, 0.25) is 6.79 Å². The van der Waals surface area contributed by atoms with E-state index < -0.39 is 0 Å². The molecule has 0 fully saturated rings. The first-order valence-corrected chi connectivity index (χ1v) is 22.7. The highest BCUT2D eigenvalue weighted by Crippen LogP contribution is 2.50. The molecule has 0 bridgehead atoms. The lowest BCUT2D eigenvalue weighted by Gasteiger charge is -2.45. The fourth-order valence-corrected chi connectivity index (χ4v) is 12.1. The van der Waals surface area contributed by atoms with E-state index in [9.17, 15) is 0 Å². The molecule has 5 heterocycles. The Morgan fingerprint density at radius 3 is 1.80 bits per heavy atom. The Kier molecular flexibility index (Phi) is 8.01. The highest BCUT2D eigenvalue weighted by Gasteiger charge is 2.45. The van der Waals surface area contributed by atoms with Gasteiger partial charge in [-0.3, -0.25) is 0 Å². The molecule has 0 radical (unpaired) electrons. The van der Waals surface area contributed by atoms with Gasteiger partial charge in [-0.05, 0) is 147 Å². The van der Waals surface area contributed by atoms with Crippen molar-refractivity contribution >= 4 is 100 Å². The maximum absolute atomic E-state index is 6.17. The third-order valence-corrected chi connectivity index (χ3v) is 15.1. The van der Waals surface area contributed by atoms with Gasteiger partial charge in [-0.15, -0.1) is 22.7 Å². The number of thiophene rings is 2. The zero-order valence-corrected chi connectivity index (χ0v) is 36.7. The van der Waals surface area contributed by atoms with Crippen molar-refractivity contribution in [1.29, 1.82) is 0 Å². The van der Waals surface area contributed by atoms with Crippen LogP contribution in [0.25, 0.3) is 41.1 Å². The Morgan fingerprint density at radius 1 is 0.541 bits per heavy atom. The SMILES string of the molecule is Cc1cc2c3c(c1)N(c1c(C)cc(C(C)(C)C)cc1C)c1cc4c(cc1B3c1ccc(-c3cc5ccccc5s3)cc1N2c1cccc(-c2cc3ccccc3s2)c1)OCO4. The van der Waals surface area contributed by atoms with E-state index in [4.69, 9.17) is 9.47 Å². The Labute approximate surface area is 365 Å². The summed E-state index contributed by atoms with van der Waals surface area (Å²) in [5.74, 6) is 1.59. The van der Waals surface area contributed by atoms with Crippen LogP contribution in [0.4, 0.5) is 34.1 Å². The number of aryl methyl sites for hydroxylation is 3. The van der Waals surface area contributed by atoms with Gasteiger partial charge in [0.05, 0.1) is 5.69 Å². The molecule has 0 atom stereocenters. The third kappa shape index (κ3) is 5.71. The molecule has 12 rings (SSSR count). The van der Waals surface area contributed by atoms with E-state index in [2.05, 4.69) is 191 Å². The normalized spacial score (nSPS) is 13.8. The average molecular weight is 827 g/mol. The van der Waals surface area contributed by atoms with E-state index in [1.165, 1.54) is 102 Å². The molecule has 3 aliphatic heterocycles. The molecule has 296 valence electrons. The first kappa shape index (κ1) is 36.6. The predicted octanol–water partition coefficient (Wildman–Crippen LogP) is 13.5. The van der Waals surface area contributed by atoms with Crippen molar-refractivity contribution in [3.8, 4) is 32.4 Å². The Morgan fingerprint density at radius 2 is 1.15 bits per heavy atom. The first-order chi connectivity index (χ1) is 29.6. The molecule has 0 saturated carbocycles. The molecule has 0 aliphatic carbocycles. The van der Waals surface area contributed by atoms with Gasteiger partial charge in [0, 0.05) is 53.7 Å².